The van der Waals surface area contributed by atoms with Crippen molar-refractivity contribution in [2.45, 2.75) is 45.6 Å². The highest BCUT2D eigenvalue weighted by Crippen LogP contribution is 2.20. The molecule has 1 fully saturated rings. The summed E-state index contributed by atoms with van der Waals surface area (Å²) in [6.45, 7) is 10.8. The fourth-order valence-electron chi connectivity index (χ4n) is 2.25. The van der Waals surface area contributed by atoms with Crippen molar-refractivity contribution in [1.29, 1.82) is 0 Å². The Morgan fingerprint density at radius 3 is 2.44 bits per heavy atom. The Bertz CT molecular complexity index is 148. The van der Waals surface area contributed by atoms with Gasteiger partial charge in [-0.2, -0.15) is 0 Å². The number of hydrogen-bond acceptors (Lipinski definition) is 3. The van der Waals surface area contributed by atoms with Gasteiger partial charge in [-0.25, -0.2) is 0 Å². The van der Waals surface area contributed by atoms with Gasteiger partial charge in [0.15, 0.2) is 0 Å². The molecule has 1 aliphatic rings. The van der Waals surface area contributed by atoms with E-state index in [0.29, 0.717) is 6.10 Å². The second-order valence-electron chi connectivity index (χ2n) is 4.55. The van der Waals surface area contributed by atoms with Crippen LogP contribution in [0.2, 0.25) is 0 Å². The van der Waals surface area contributed by atoms with Crippen LogP contribution in [0, 0.1) is 0 Å². The number of nitrogens with one attached hydrogen (secondary N) is 1. The molecule has 0 amide bonds. The van der Waals surface area contributed by atoms with Crippen LogP contribution in [0.1, 0.15) is 39.5 Å². The minimum atomic E-state index is 0.560. The Morgan fingerprint density at radius 1 is 1.12 bits per heavy atom. The molecule has 0 aliphatic heterocycles. The van der Waals surface area contributed by atoms with E-state index in [1.54, 1.807) is 0 Å². The quantitative estimate of drug-likeness (QED) is 0.610. The number of likely N-dealkylation sites (N-methyl/N-ethyl adjacent to an activating group) is 1. The number of nitrogens with zero attached hydrogens (tertiary/aromatic N) is 1. The molecule has 0 aromatic heterocycles. The van der Waals surface area contributed by atoms with Crippen molar-refractivity contribution >= 4 is 0 Å². The molecule has 3 heteroatoms. The summed E-state index contributed by atoms with van der Waals surface area (Å²) in [5.74, 6) is 0. The number of ether oxygens (including phenoxy) is 1. The number of hydrogen-bond donors (Lipinski definition) is 1. The lowest BCUT2D eigenvalue weighted by Gasteiger charge is -2.18. The van der Waals surface area contributed by atoms with Gasteiger partial charge in [0.25, 0.3) is 0 Å². The molecule has 0 aromatic carbocycles. The molecule has 0 atom stereocenters. The molecule has 1 N–H and O–H groups in total. The summed E-state index contributed by atoms with van der Waals surface area (Å²) in [5.41, 5.74) is 0. The van der Waals surface area contributed by atoms with Crippen LogP contribution < -0.4 is 5.32 Å². The molecule has 0 saturated heterocycles. The Labute approximate surface area is 101 Å². The van der Waals surface area contributed by atoms with Crippen LogP contribution in [-0.2, 0) is 4.74 Å². The molecule has 0 aromatic rings. The lowest BCUT2D eigenvalue weighted by Crippen LogP contribution is -2.33. The normalized spacial score (nSPS) is 17.4. The first-order valence-corrected chi connectivity index (χ1v) is 6.91. The third-order valence-corrected chi connectivity index (χ3v) is 3.43. The van der Waals surface area contributed by atoms with Gasteiger partial charge in [0, 0.05) is 19.6 Å². The molecule has 3 nitrogen and oxygen atoms in total. The Morgan fingerprint density at radius 2 is 1.81 bits per heavy atom. The molecular weight excluding hydrogens is 200 g/mol. The van der Waals surface area contributed by atoms with Gasteiger partial charge in [-0.15, -0.1) is 0 Å². The highest BCUT2D eigenvalue weighted by atomic mass is 16.5. The van der Waals surface area contributed by atoms with Gasteiger partial charge < -0.3 is 15.0 Å². The highest BCUT2D eigenvalue weighted by Gasteiger charge is 2.14. The van der Waals surface area contributed by atoms with Crippen molar-refractivity contribution in [2.24, 2.45) is 0 Å². The van der Waals surface area contributed by atoms with E-state index in [0.717, 1.165) is 39.3 Å². The maximum atomic E-state index is 5.79. The predicted octanol–water partition coefficient (Wildman–Crippen LogP) is 1.88. The molecule has 0 radical (unpaired) electrons. The van der Waals surface area contributed by atoms with Crippen LogP contribution in [0.5, 0.6) is 0 Å². The summed E-state index contributed by atoms with van der Waals surface area (Å²) in [6, 6.07) is 0. The molecular formula is C13H28N2O. The summed E-state index contributed by atoms with van der Waals surface area (Å²) >= 11 is 0. The zero-order chi connectivity index (χ0) is 11.6. The predicted molar refractivity (Wildman–Crippen MR) is 68.9 cm³/mol. The summed E-state index contributed by atoms with van der Waals surface area (Å²) in [4.78, 5) is 2.44. The van der Waals surface area contributed by atoms with Crippen molar-refractivity contribution in [3.63, 3.8) is 0 Å². The lowest BCUT2D eigenvalue weighted by molar-refractivity contribution is 0.0602. The summed E-state index contributed by atoms with van der Waals surface area (Å²) < 4.78 is 5.79. The maximum Gasteiger partial charge on any atom is 0.0594 e. The van der Waals surface area contributed by atoms with E-state index in [2.05, 4.69) is 24.1 Å². The van der Waals surface area contributed by atoms with Crippen LogP contribution >= 0.6 is 0 Å². The molecule has 0 unspecified atom stereocenters. The van der Waals surface area contributed by atoms with Gasteiger partial charge >= 0.3 is 0 Å². The zero-order valence-electron chi connectivity index (χ0n) is 11.0. The zero-order valence-corrected chi connectivity index (χ0v) is 11.0. The average Bonchev–Trinajstić information content (AvgIpc) is 2.81. The van der Waals surface area contributed by atoms with E-state index in [1.165, 1.54) is 25.7 Å². The maximum absolute atomic E-state index is 5.79. The van der Waals surface area contributed by atoms with Crippen molar-refractivity contribution in [1.82, 2.24) is 10.2 Å². The van der Waals surface area contributed by atoms with E-state index in [4.69, 9.17) is 4.74 Å². The Hall–Kier alpha value is -0.120. The molecule has 1 rings (SSSR count). The van der Waals surface area contributed by atoms with E-state index in [1.807, 2.05) is 0 Å². The third-order valence-electron chi connectivity index (χ3n) is 3.43. The van der Waals surface area contributed by atoms with Crippen LogP contribution in [0.3, 0.4) is 0 Å². The summed E-state index contributed by atoms with van der Waals surface area (Å²) in [5, 5.41) is 3.44. The Kier molecular flexibility index (Phi) is 7.81. The molecule has 0 heterocycles. The SMILES string of the molecule is CCN(CC)CCNCCOC1CCCC1. The van der Waals surface area contributed by atoms with Gasteiger partial charge in [-0.3, -0.25) is 0 Å². The standard InChI is InChI=1S/C13H28N2O/c1-3-15(4-2)11-9-14-10-12-16-13-7-5-6-8-13/h13-14H,3-12H2,1-2H3. The fourth-order valence-corrected chi connectivity index (χ4v) is 2.25. The van der Waals surface area contributed by atoms with Gasteiger partial charge in [0.05, 0.1) is 12.7 Å². The van der Waals surface area contributed by atoms with E-state index < -0.39 is 0 Å². The van der Waals surface area contributed by atoms with Crippen molar-refractivity contribution < 1.29 is 4.74 Å². The van der Waals surface area contributed by atoms with Gasteiger partial charge in [0.2, 0.25) is 0 Å². The van der Waals surface area contributed by atoms with Crippen molar-refractivity contribution in [2.75, 3.05) is 39.3 Å². The highest BCUT2D eigenvalue weighted by molar-refractivity contribution is 4.66. The minimum Gasteiger partial charge on any atom is -0.377 e. The number of rotatable bonds is 9. The smallest absolute Gasteiger partial charge is 0.0594 e. The summed E-state index contributed by atoms with van der Waals surface area (Å²) in [7, 11) is 0. The van der Waals surface area contributed by atoms with E-state index in [9.17, 15) is 0 Å². The molecule has 96 valence electrons. The molecule has 16 heavy (non-hydrogen) atoms. The van der Waals surface area contributed by atoms with Crippen LogP contribution in [-0.4, -0.2) is 50.3 Å². The lowest BCUT2D eigenvalue weighted by atomic mass is 10.3. The first-order valence-electron chi connectivity index (χ1n) is 6.91. The average molecular weight is 228 g/mol. The minimum absolute atomic E-state index is 0.560. The topological polar surface area (TPSA) is 24.5 Å². The largest absolute Gasteiger partial charge is 0.377 e. The van der Waals surface area contributed by atoms with Gasteiger partial charge in [-0.05, 0) is 25.9 Å². The fraction of sp³-hybridized carbons (Fsp3) is 1.00. The van der Waals surface area contributed by atoms with Crippen LogP contribution in [0.4, 0.5) is 0 Å². The molecule has 1 aliphatic carbocycles. The van der Waals surface area contributed by atoms with E-state index in [-0.39, 0.29) is 0 Å². The van der Waals surface area contributed by atoms with Gasteiger partial charge in [0.1, 0.15) is 0 Å². The Balaban J connectivity index is 1.84. The van der Waals surface area contributed by atoms with Crippen molar-refractivity contribution in [3.05, 3.63) is 0 Å². The van der Waals surface area contributed by atoms with Crippen molar-refractivity contribution in [3.8, 4) is 0 Å². The van der Waals surface area contributed by atoms with Crippen LogP contribution in [0.25, 0.3) is 0 Å². The summed E-state index contributed by atoms with van der Waals surface area (Å²) in [6.07, 6.45) is 5.84. The first-order chi connectivity index (χ1) is 7.86. The molecule has 0 bridgehead atoms. The monoisotopic (exact) mass is 228 g/mol. The second kappa shape index (κ2) is 8.97. The van der Waals surface area contributed by atoms with Gasteiger partial charge in [-0.1, -0.05) is 26.7 Å². The van der Waals surface area contributed by atoms with Crippen LogP contribution in [0.15, 0.2) is 0 Å². The van der Waals surface area contributed by atoms with E-state index >= 15 is 0 Å². The first kappa shape index (κ1) is 13.9. The molecule has 0 spiro atoms. The second-order valence-corrected chi connectivity index (χ2v) is 4.55. The molecule has 1 saturated carbocycles. The third kappa shape index (κ3) is 5.83.